The Labute approximate surface area is 98.4 Å². The van der Waals surface area contributed by atoms with E-state index in [0.717, 1.165) is 11.7 Å². The summed E-state index contributed by atoms with van der Waals surface area (Å²) in [4.78, 5) is 2.46. The number of hydrogen-bond donors (Lipinski definition) is 0. The fraction of sp³-hybridized carbons (Fsp3) is 0.769. The van der Waals surface area contributed by atoms with Crippen LogP contribution in [-0.2, 0) is 7.05 Å². The van der Waals surface area contributed by atoms with Crippen LogP contribution in [0.4, 0.5) is 5.69 Å². The van der Waals surface area contributed by atoms with Crippen LogP contribution in [0.3, 0.4) is 0 Å². The van der Waals surface area contributed by atoms with E-state index < -0.39 is 0 Å². The summed E-state index contributed by atoms with van der Waals surface area (Å²) in [5.74, 6) is 0. The van der Waals surface area contributed by atoms with Crippen LogP contribution < -0.4 is 4.90 Å². The van der Waals surface area contributed by atoms with E-state index in [9.17, 15) is 0 Å². The van der Waals surface area contributed by atoms with Gasteiger partial charge in [-0.25, -0.2) is 0 Å². The number of hydrogen-bond acceptors (Lipinski definition) is 2. The summed E-state index contributed by atoms with van der Waals surface area (Å²) in [6.45, 7) is 4.27. The van der Waals surface area contributed by atoms with E-state index in [0.29, 0.717) is 0 Å². The van der Waals surface area contributed by atoms with E-state index in [1.807, 2.05) is 11.7 Å². The predicted octanol–water partition coefficient (Wildman–Crippen LogP) is 2.81. The van der Waals surface area contributed by atoms with Crippen molar-refractivity contribution in [2.45, 2.75) is 52.0 Å². The molecule has 1 heterocycles. The Morgan fingerprint density at radius 3 is 2.31 bits per heavy atom. The van der Waals surface area contributed by atoms with Crippen LogP contribution >= 0.6 is 0 Å². The molecule has 1 aliphatic rings. The van der Waals surface area contributed by atoms with Crippen molar-refractivity contribution in [1.82, 2.24) is 9.78 Å². The number of aromatic nitrogens is 2. The van der Waals surface area contributed by atoms with Gasteiger partial charge in [0, 0.05) is 20.1 Å². The zero-order valence-electron chi connectivity index (χ0n) is 11.0. The Kier molecular flexibility index (Phi) is 3.22. The van der Waals surface area contributed by atoms with Gasteiger partial charge in [-0.1, -0.05) is 19.3 Å². The molecule has 0 unspecified atom stereocenters. The molecular weight excluding hydrogens is 198 g/mol. The lowest BCUT2D eigenvalue weighted by Crippen LogP contribution is -2.34. The smallest absolute Gasteiger partial charge is 0.0829 e. The molecule has 0 atom stereocenters. The van der Waals surface area contributed by atoms with Crippen molar-refractivity contribution in [1.29, 1.82) is 0 Å². The van der Waals surface area contributed by atoms with Gasteiger partial charge in [-0.2, -0.15) is 5.10 Å². The molecule has 16 heavy (non-hydrogen) atoms. The minimum absolute atomic E-state index is 0.718. The molecule has 0 bridgehead atoms. The summed E-state index contributed by atoms with van der Waals surface area (Å²) in [5, 5.41) is 4.50. The molecule has 1 saturated carbocycles. The van der Waals surface area contributed by atoms with Crippen LogP contribution in [0.5, 0.6) is 0 Å². The third-order valence-electron chi connectivity index (χ3n) is 3.95. The molecule has 3 nitrogen and oxygen atoms in total. The van der Waals surface area contributed by atoms with E-state index in [4.69, 9.17) is 0 Å². The lowest BCUT2D eigenvalue weighted by Gasteiger charge is -2.33. The fourth-order valence-corrected chi connectivity index (χ4v) is 2.92. The monoisotopic (exact) mass is 221 g/mol. The molecule has 1 aliphatic carbocycles. The average Bonchev–Trinajstić information content (AvgIpc) is 2.54. The minimum Gasteiger partial charge on any atom is -0.369 e. The molecule has 2 rings (SSSR count). The molecule has 0 aromatic carbocycles. The van der Waals surface area contributed by atoms with Crippen molar-refractivity contribution in [3.8, 4) is 0 Å². The van der Waals surface area contributed by atoms with Gasteiger partial charge in [0.25, 0.3) is 0 Å². The van der Waals surface area contributed by atoms with E-state index >= 15 is 0 Å². The van der Waals surface area contributed by atoms with Gasteiger partial charge >= 0.3 is 0 Å². The summed E-state index contributed by atoms with van der Waals surface area (Å²) >= 11 is 0. The molecule has 3 heteroatoms. The van der Waals surface area contributed by atoms with Gasteiger partial charge in [0.2, 0.25) is 0 Å². The Hall–Kier alpha value is -0.990. The Bertz CT molecular complexity index is 361. The van der Waals surface area contributed by atoms with Crippen molar-refractivity contribution in [3.63, 3.8) is 0 Å². The second-order valence-corrected chi connectivity index (χ2v) is 5.05. The highest BCUT2D eigenvalue weighted by atomic mass is 15.3. The summed E-state index contributed by atoms with van der Waals surface area (Å²) < 4.78 is 1.99. The maximum Gasteiger partial charge on any atom is 0.0829 e. The van der Waals surface area contributed by atoms with Crippen molar-refractivity contribution in [3.05, 3.63) is 11.4 Å². The van der Waals surface area contributed by atoms with Gasteiger partial charge in [-0.3, -0.25) is 4.68 Å². The van der Waals surface area contributed by atoms with Gasteiger partial charge < -0.3 is 4.90 Å². The van der Waals surface area contributed by atoms with Crippen LogP contribution in [0, 0.1) is 13.8 Å². The van der Waals surface area contributed by atoms with Crippen molar-refractivity contribution < 1.29 is 0 Å². The van der Waals surface area contributed by atoms with Gasteiger partial charge in [-0.05, 0) is 26.7 Å². The van der Waals surface area contributed by atoms with Gasteiger partial charge in [0.05, 0.1) is 17.1 Å². The predicted molar refractivity (Wildman–Crippen MR) is 68.0 cm³/mol. The van der Waals surface area contributed by atoms with Gasteiger partial charge in [0.1, 0.15) is 0 Å². The number of nitrogens with zero attached hydrogens (tertiary/aromatic N) is 3. The second-order valence-electron chi connectivity index (χ2n) is 5.05. The number of rotatable bonds is 2. The minimum atomic E-state index is 0.718. The molecule has 0 spiro atoms. The summed E-state index contributed by atoms with van der Waals surface area (Å²) in [5.41, 5.74) is 3.79. The SMILES string of the molecule is Cc1nn(C)c(C)c1N(C)C1CCCCC1. The van der Waals surface area contributed by atoms with Gasteiger partial charge in [0.15, 0.2) is 0 Å². The molecule has 0 radical (unpaired) electrons. The van der Waals surface area contributed by atoms with Crippen LogP contribution in [-0.4, -0.2) is 22.9 Å². The van der Waals surface area contributed by atoms with Gasteiger partial charge in [-0.15, -0.1) is 0 Å². The Balaban J connectivity index is 2.22. The molecule has 1 aromatic rings. The highest BCUT2D eigenvalue weighted by Crippen LogP contribution is 2.30. The summed E-state index contributed by atoms with van der Waals surface area (Å²) in [7, 11) is 4.26. The first-order valence-electron chi connectivity index (χ1n) is 6.34. The van der Waals surface area contributed by atoms with Crippen molar-refractivity contribution in [2.75, 3.05) is 11.9 Å². The third-order valence-corrected chi connectivity index (χ3v) is 3.95. The van der Waals surface area contributed by atoms with Crippen molar-refractivity contribution >= 4 is 5.69 Å². The molecule has 1 aromatic heterocycles. The lowest BCUT2D eigenvalue weighted by molar-refractivity contribution is 0.427. The number of anilines is 1. The standard InChI is InChI=1S/C13H23N3/c1-10-13(11(2)16(4)14-10)15(3)12-8-6-5-7-9-12/h12H,5-9H2,1-4H3. The first-order valence-corrected chi connectivity index (χ1v) is 6.34. The largest absolute Gasteiger partial charge is 0.369 e. The van der Waals surface area contributed by atoms with E-state index in [2.05, 4.69) is 30.9 Å². The normalized spacial score (nSPS) is 17.8. The first-order chi connectivity index (χ1) is 7.61. The fourth-order valence-electron chi connectivity index (χ4n) is 2.92. The Morgan fingerprint density at radius 2 is 1.81 bits per heavy atom. The average molecular weight is 221 g/mol. The first kappa shape index (κ1) is 11.5. The highest BCUT2D eigenvalue weighted by molar-refractivity contribution is 5.54. The van der Waals surface area contributed by atoms with E-state index in [-0.39, 0.29) is 0 Å². The third kappa shape index (κ3) is 1.95. The Morgan fingerprint density at radius 1 is 1.19 bits per heavy atom. The molecule has 0 N–H and O–H groups in total. The second kappa shape index (κ2) is 4.48. The van der Waals surface area contributed by atoms with Crippen molar-refractivity contribution in [2.24, 2.45) is 7.05 Å². The molecule has 0 amide bonds. The highest BCUT2D eigenvalue weighted by Gasteiger charge is 2.22. The summed E-state index contributed by atoms with van der Waals surface area (Å²) in [6.07, 6.45) is 6.85. The quantitative estimate of drug-likeness (QED) is 0.765. The maximum absolute atomic E-state index is 4.50. The van der Waals surface area contributed by atoms with E-state index in [1.54, 1.807) is 0 Å². The van der Waals surface area contributed by atoms with Crippen LogP contribution in [0.2, 0.25) is 0 Å². The van der Waals surface area contributed by atoms with Crippen LogP contribution in [0.25, 0.3) is 0 Å². The summed E-state index contributed by atoms with van der Waals surface area (Å²) in [6, 6.07) is 0.718. The van der Waals surface area contributed by atoms with Crippen LogP contribution in [0.1, 0.15) is 43.5 Å². The molecule has 90 valence electrons. The van der Waals surface area contributed by atoms with E-state index in [1.165, 1.54) is 43.5 Å². The molecular formula is C13H23N3. The number of aryl methyl sites for hydroxylation is 2. The van der Waals surface area contributed by atoms with Crippen LogP contribution in [0.15, 0.2) is 0 Å². The molecule has 0 saturated heterocycles. The lowest BCUT2D eigenvalue weighted by atomic mass is 9.94. The maximum atomic E-state index is 4.50. The molecule has 0 aliphatic heterocycles. The molecule has 1 fully saturated rings. The zero-order valence-corrected chi connectivity index (χ0v) is 11.0. The topological polar surface area (TPSA) is 21.1 Å². The zero-order chi connectivity index (χ0) is 11.7.